The predicted octanol–water partition coefficient (Wildman–Crippen LogP) is 3.54. The number of amides is 1. The number of carbonyl (C=O) groups excluding carboxylic acids is 1. The number of hydrogen-bond acceptors (Lipinski definition) is 1. The van der Waals surface area contributed by atoms with E-state index >= 15 is 0 Å². The van der Waals surface area contributed by atoms with Crippen molar-refractivity contribution < 1.29 is 9.18 Å². The average Bonchev–Trinajstić information content (AvgIpc) is 2.83. The van der Waals surface area contributed by atoms with Crippen molar-refractivity contribution >= 4 is 5.91 Å². The molecule has 1 amide bonds. The third kappa shape index (κ3) is 2.55. The highest BCUT2D eigenvalue weighted by molar-refractivity contribution is 5.94. The number of rotatable bonds is 3. The molecule has 0 heterocycles. The fourth-order valence-electron chi connectivity index (χ4n) is 2.73. The van der Waals surface area contributed by atoms with Gasteiger partial charge in [-0.3, -0.25) is 4.79 Å². The summed E-state index contributed by atoms with van der Waals surface area (Å²) in [5, 5.41) is 0. The van der Waals surface area contributed by atoms with E-state index in [0.29, 0.717) is 12.6 Å². The van der Waals surface area contributed by atoms with Gasteiger partial charge in [-0.25, -0.2) is 4.39 Å². The molecule has 0 atom stereocenters. The zero-order valence-corrected chi connectivity index (χ0v) is 11.1. The average molecular weight is 249 g/mol. The summed E-state index contributed by atoms with van der Waals surface area (Å²) in [5.74, 6) is -0.571. The Hall–Kier alpha value is -1.38. The maximum Gasteiger partial charge on any atom is 0.257 e. The molecule has 0 aliphatic heterocycles. The van der Waals surface area contributed by atoms with E-state index in [1.165, 1.54) is 18.9 Å². The molecule has 1 fully saturated rings. The van der Waals surface area contributed by atoms with Gasteiger partial charge >= 0.3 is 0 Å². The molecule has 1 aromatic rings. The van der Waals surface area contributed by atoms with Crippen molar-refractivity contribution in [1.29, 1.82) is 0 Å². The summed E-state index contributed by atoms with van der Waals surface area (Å²) in [5.41, 5.74) is 1.04. The molecule has 1 aliphatic rings. The van der Waals surface area contributed by atoms with Crippen LogP contribution in [0.15, 0.2) is 18.2 Å². The van der Waals surface area contributed by atoms with E-state index in [1.807, 2.05) is 18.7 Å². The Kier molecular flexibility index (Phi) is 4.00. The van der Waals surface area contributed by atoms with Gasteiger partial charge in [0.05, 0.1) is 5.56 Å². The zero-order valence-electron chi connectivity index (χ0n) is 11.1. The van der Waals surface area contributed by atoms with Gasteiger partial charge in [0.1, 0.15) is 5.82 Å². The molecule has 2 nitrogen and oxygen atoms in total. The zero-order chi connectivity index (χ0) is 13.1. The minimum absolute atomic E-state index is 0.165. The number of aryl methyl sites for hydroxylation is 1. The molecule has 0 spiro atoms. The van der Waals surface area contributed by atoms with Gasteiger partial charge in [-0.05, 0) is 44.4 Å². The Morgan fingerprint density at radius 3 is 2.61 bits per heavy atom. The second kappa shape index (κ2) is 5.51. The maximum absolute atomic E-state index is 13.8. The fraction of sp³-hybridized carbons (Fsp3) is 0.533. The summed E-state index contributed by atoms with van der Waals surface area (Å²) in [7, 11) is 0. The third-order valence-electron chi connectivity index (χ3n) is 3.72. The Morgan fingerprint density at radius 2 is 2.06 bits per heavy atom. The molecule has 0 unspecified atom stereocenters. The van der Waals surface area contributed by atoms with Crippen LogP contribution < -0.4 is 0 Å². The van der Waals surface area contributed by atoms with E-state index in [0.717, 1.165) is 18.4 Å². The van der Waals surface area contributed by atoms with Gasteiger partial charge in [-0.2, -0.15) is 0 Å². The summed E-state index contributed by atoms with van der Waals surface area (Å²) in [6, 6.07) is 5.11. The largest absolute Gasteiger partial charge is 0.336 e. The van der Waals surface area contributed by atoms with Crippen LogP contribution in [-0.2, 0) is 0 Å². The van der Waals surface area contributed by atoms with Crippen molar-refractivity contribution in [2.24, 2.45) is 0 Å². The third-order valence-corrected chi connectivity index (χ3v) is 3.72. The molecular formula is C15H20FNO. The van der Waals surface area contributed by atoms with Crippen molar-refractivity contribution in [3.63, 3.8) is 0 Å². The van der Waals surface area contributed by atoms with Crippen LogP contribution in [0, 0.1) is 12.7 Å². The molecule has 1 aromatic carbocycles. The van der Waals surface area contributed by atoms with E-state index < -0.39 is 5.82 Å². The Labute approximate surface area is 108 Å². The lowest BCUT2D eigenvalue weighted by Gasteiger charge is -2.28. The van der Waals surface area contributed by atoms with Crippen molar-refractivity contribution in [1.82, 2.24) is 4.90 Å². The van der Waals surface area contributed by atoms with E-state index in [-0.39, 0.29) is 11.5 Å². The Bertz CT molecular complexity index is 438. The molecule has 0 aromatic heterocycles. The lowest BCUT2D eigenvalue weighted by molar-refractivity contribution is 0.0689. The molecule has 0 radical (unpaired) electrons. The molecule has 2 rings (SSSR count). The maximum atomic E-state index is 13.8. The summed E-state index contributed by atoms with van der Waals surface area (Å²) in [6.45, 7) is 4.44. The summed E-state index contributed by atoms with van der Waals surface area (Å²) < 4.78 is 13.8. The first kappa shape index (κ1) is 13.1. The lowest BCUT2D eigenvalue weighted by Crippen LogP contribution is -2.39. The van der Waals surface area contributed by atoms with Gasteiger partial charge in [0.25, 0.3) is 5.91 Å². The van der Waals surface area contributed by atoms with Crippen LogP contribution in [0.25, 0.3) is 0 Å². The molecule has 0 bridgehead atoms. The smallest absolute Gasteiger partial charge is 0.257 e. The molecule has 1 aliphatic carbocycles. The fourth-order valence-corrected chi connectivity index (χ4v) is 2.73. The second-order valence-corrected chi connectivity index (χ2v) is 5.01. The number of benzene rings is 1. The minimum atomic E-state index is -0.406. The quantitative estimate of drug-likeness (QED) is 0.802. The van der Waals surface area contributed by atoms with E-state index in [4.69, 9.17) is 0 Å². The van der Waals surface area contributed by atoms with Crippen molar-refractivity contribution in [3.8, 4) is 0 Å². The van der Waals surface area contributed by atoms with Crippen molar-refractivity contribution in [2.75, 3.05) is 6.54 Å². The number of carbonyl (C=O) groups is 1. The van der Waals surface area contributed by atoms with Crippen LogP contribution in [0.2, 0.25) is 0 Å². The minimum Gasteiger partial charge on any atom is -0.336 e. The monoisotopic (exact) mass is 249 g/mol. The van der Waals surface area contributed by atoms with Crippen LogP contribution in [0.3, 0.4) is 0 Å². The highest BCUT2D eigenvalue weighted by Crippen LogP contribution is 2.25. The molecular weight excluding hydrogens is 229 g/mol. The lowest BCUT2D eigenvalue weighted by atomic mass is 10.1. The Balaban J connectivity index is 2.22. The topological polar surface area (TPSA) is 20.3 Å². The van der Waals surface area contributed by atoms with E-state index in [1.54, 1.807) is 12.1 Å². The van der Waals surface area contributed by atoms with Gasteiger partial charge in [0.2, 0.25) is 0 Å². The van der Waals surface area contributed by atoms with Gasteiger partial charge in [0.15, 0.2) is 0 Å². The van der Waals surface area contributed by atoms with Crippen LogP contribution in [0.4, 0.5) is 4.39 Å². The van der Waals surface area contributed by atoms with Crippen LogP contribution >= 0.6 is 0 Å². The summed E-state index contributed by atoms with van der Waals surface area (Å²) in [6.07, 6.45) is 4.44. The van der Waals surface area contributed by atoms with E-state index in [2.05, 4.69) is 0 Å². The highest BCUT2D eigenvalue weighted by Gasteiger charge is 2.27. The van der Waals surface area contributed by atoms with Crippen LogP contribution in [0.5, 0.6) is 0 Å². The molecule has 0 N–H and O–H groups in total. The van der Waals surface area contributed by atoms with Crippen LogP contribution in [0.1, 0.15) is 48.5 Å². The molecule has 1 saturated carbocycles. The van der Waals surface area contributed by atoms with Gasteiger partial charge in [-0.1, -0.05) is 18.9 Å². The highest BCUT2D eigenvalue weighted by atomic mass is 19.1. The molecule has 18 heavy (non-hydrogen) atoms. The number of halogens is 1. The summed E-state index contributed by atoms with van der Waals surface area (Å²) >= 11 is 0. The standard InChI is InChI=1S/C15H20FNO/c1-3-17(12-6-4-5-7-12)15(18)13-9-8-11(2)10-14(13)16/h8-10,12H,3-7H2,1-2H3. The molecule has 98 valence electrons. The van der Waals surface area contributed by atoms with Gasteiger partial charge < -0.3 is 4.90 Å². The first-order valence-corrected chi connectivity index (χ1v) is 6.70. The Morgan fingerprint density at radius 1 is 1.39 bits per heavy atom. The van der Waals surface area contributed by atoms with Crippen LogP contribution in [-0.4, -0.2) is 23.4 Å². The van der Waals surface area contributed by atoms with Crippen molar-refractivity contribution in [2.45, 2.75) is 45.6 Å². The molecule has 0 saturated heterocycles. The summed E-state index contributed by atoms with van der Waals surface area (Å²) in [4.78, 5) is 14.2. The second-order valence-electron chi connectivity index (χ2n) is 5.01. The van der Waals surface area contributed by atoms with E-state index in [9.17, 15) is 9.18 Å². The molecule has 3 heteroatoms. The normalized spacial score (nSPS) is 15.9. The van der Waals surface area contributed by atoms with Crippen molar-refractivity contribution in [3.05, 3.63) is 35.1 Å². The predicted molar refractivity (Wildman–Crippen MR) is 70.1 cm³/mol. The van der Waals surface area contributed by atoms with Gasteiger partial charge in [-0.15, -0.1) is 0 Å². The number of hydrogen-bond donors (Lipinski definition) is 0. The van der Waals surface area contributed by atoms with Gasteiger partial charge in [0, 0.05) is 12.6 Å². The SMILES string of the molecule is CCN(C(=O)c1ccc(C)cc1F)C1CCCC1. The number of nitrogens with zero attached hydrogens (tertiary/aromatic N) is 1. The first-order chi connectivity index (χ1) is 8.63. The first-order valence-electron chi connectivity index (χ1n) is 6.70.